The molecule has 0 aliphatic heterocycles. The molecular weight excluding hydrogens is 364 g/mol. The lowest BCUT2D eigenvalue weighted by molar-refractivity contribution is -0.138. The molecule has 0 bridgehead atoms. The fraction of sp³-hybridized carbons (Fsp3) is 0.680. The molecule has 0 atom stereocenters. The Kier molecular flexibility index (Phi) is 13.9. The third-order valence-corrected chi connectivity index (χ3v) is 5.57. The van der Waals surface area contributed by atoms with Gasteiger partial charge in [0.15, 0.2) is 0 Å². The molecule has 0 aliphatic rings. The predicted octanol–water partition coefficient (Wildman–Crippen LogP) is 6.57. The van der Waals surface area contributed by atoms with Crippen molar-refractivity contribution in [1.82, 2.24) is 0 Å². The van der Waals surface area contributed by atoms with Crippen LogP contribution in [0.15, 0.2) is 18.2 Å². The molecule has 0 unspecified atom stereocenters. The number of rotatable bonds is 18. The molecule has 1 rings (SSSR count). The van der Waals surface area contributed by atoms with Gasteiger partial charge in [0.2, 0.25) is 0 Å². The van der Waals surface area contributed by atoms with Crippen LogP contribution in [0.1, 0.15) is 107 Å². The zero-order valence-corrected chi connectivity index (χ0v) is 18.3. The number of carbonyl (C=O) groups is 2. The molecule has 0 saturated carbocycles. The Morgan fingerprint density at radius 3 is 1.62 bits per heavy atom. The minimum absolute atomic E-state index is 0.228. The van der Waals surface area contributed by atoms with E-state index in [2.05, 4.69) is 25.1 Å². The average molecular weight is 405 g/mol. The summed E-state index contributed by atoms with van der Waals surface area (Å²) in [4.78, 5) is 21.5. The average Bonchev–Trinajstić information content (AvgIpc) is 2.68. The van der Waals surface area contributed by atoms with Crippen molar-refractivity contribution in [2.75, 3.05) is 0 Å². The van der Waals surface area contributed by atoms with E-state index >= 15 is 0 Å². The second kappa shape index (κ2) is 16.0. The van der Waals surface area contributed by atoms with Gasteiger partial charge in [0, 0.05) is 12.8 Å². The van der Waals surface area contributed by atoms with Crippen LogP contribution < -0.4 is 0 Å². The SMILES string of the molecule is CCCCCCCCCc1cccc(CCCCC(=O)O)c1CCCCC(=O)O. The number of carboxylic acids is 2. The first-order valence-corrected chi connectivity index (χ1v) is 11.6. The summed E-state index contributed by atoms with van der Waals surface area (Å²) in [7, 11) is 0. The molecule has 0 heterocycles. The molecule has 4 nitrogen and oxygen atoms in total. The summed E-state index contributed by atoms with van der Waals surface area (Å²) in [6, 6.07) is 6.52. The Hall–Kier alpha value is -1.84. The molecule has 0 fully saturated rings. The van der Waals surface area contributed by atoms with Gasteiger partial charge < -0.3 is 10.2 Å². The van der Waals surface area contributed by atoms with Crippen LogP contribution in [0, 0.1) is 0 Å². The zero-order valence-electron chi connectivity index (χ0n) is 18.3. The van der Waals surface area contributed by atoms with E-state index in [-0.39, 0.29) is 12.8 Å². The van der Waals surface area contributed by atoms with Crippen molar-refractivity contribution in [2.24, 2.45) is 0 Å². The van der Waals surface area contributed by atoms with Crippen LogP contribution in [-0.2, 0) is 28.9 Å². The first kappa shape index (κ1) is 25.2. The maximum absolute atomic E-state index is 10.8. The highest BCUT2D eigenvalue weighted by atomic mass is 16.4. The largest absolute Gasteiger partial charge is 0.481 e. The lowest BCUT2D eigenvalue weighted by Crippen LogP contribution is -2.03. The van der Waals surface area contributed by atoms with E-state index in [0.717, 1.165) is 32.1 Å². The zero-order chi connectivity index (χ0) is 21.3. The van der Waals surface area contributed by atoms with E-state index < -0.39 is 11.9 Å². The highest BCUT2D eigenvalue weighted by Gasteiger charge is 2.10. The molecule has 2 N–H and O–H groups in total. The molecule has 29 heavy (non-hydrogen) atoms. The van der Waals surface area contributed by atoms with Crippen LogP contribution in [0.4, 0.5) is 0 Å². The Morgan fingerprint density at radius 1 is 0.655 bits per heavy atom. The van der Waals surface area contributed by atoms with Gasteiger partial charge in [-0.25, -0.2) is 0 Å². The van der Waals surface area contributed by atoms with Crippen LogP contribution in [0.25, 0.3) is 0 Å². The first-order valence-electron chi connectivity index (χ1n) is 11.6. The van der Waals surface area contributed by atoms with Crippen LogP contribution in [0.3, 0.4) is 0 Å². The van der Waals surface area contributed by atoms with Crippen molar-refractivity contribution < 1.29 is 19.8 Å². The number of benzene rings is 1. The minimum Gasteiger partial charge on any atom is -0.481 e. The van der Waals surface area contributed by atoms with Gasteiger partial charge in [-0.3, -0.25) is 9.59 Å². The van der Waals surface area contributed by atoms with Gasteiger partial charge in [-0.15, -0.1) is 0 Å². The molecule has 1 aromatic rings. The summed E-state index contributed by atoms with van der Waals surface area (Å²) in [6.45, 7) is 2.24. The van der Waals surface area contributed by atoms with E-state index in [1.165, 1.54) is 61.6 Å². The number of unbranched alkanes of at least 4 members (excludes halogenated alkanes) is 8. The lowest BCUT2D eigenvalue weighted by Gasteiger charge is -2.15. The van der Waals surface area contributed by atoms with Crippen molar-refractivity contribution in [3.8, 4) is 0 Å². The second-order valence-electron chi connectivity index (χ2n) is 8.13. The summed E-state index contributed by atoms with van der Waals surface area (Å²) in [5.74, 6) is -1.46. The van der Waals surface area contributed by atoms with Crippen LogP contribution in [0.5, 0.6) is 0 Å². The standard InChI is InChI=1S/C25H40O4/c1-2-3-4-5-6-7-8-14-21-16-13-17-22(15-9-11-19-24(26)27)23(21)18-10-12-20-25(28)29/h13,16-17H,2-12,14-15,18-20H2,1H3,(H,26,27)(H,28,29). The Bertz CT molecular complexity index is 594. The topological polar surface area (TPSA) is 74.6 Å². The third-order valence-electron chi connectivity index (χ3n) is 5.57. The van der Waals surface area contributed by atoms with Gasteiger partial charge in [0.25, 0.3) is 0 Å². The fourth-order valence-corrected chi connectivity index (χ4v) is 3.92. The Morgan fingerprint density at radius 2 is 1.10 bits per heavy atom. The predicted molar refractivity (Wildman–Crippen MR) is 119 cm³/mol. The lowest BCUT2D eigenvalue weighted by atomic mass is 9.90. The van der Waals surface area contributed by atoms with Gasteiger partial charge in [-0.05, 0) is 68.1 Å². The van der Waals surface area contributed by atoms with Crippen molar-refractivity contribution >= 4 is 11.9 Å². The molecule has 0 aromatic heterocycles. The van der Waals surface area contributed by atoms with E-state index in [1.54, 1.807) is 0 Å². The normalized spacial score (nSPS) is 10.9. The summed E-state index contributed by atoms with van der Waals surface area (Å²) < 4.78 is 0. The summed E-state index contributed by atoms with van der Waals surface area (Å²) in [6.07, 6.45) is 15.6. The number of aryl methyl sites for hydroxylation is 2. The molecule has 1 aromatic carbocycles. The number of aliphatic carboxylic acids is 2. The van der Waals surface area contributed by atoms with Gasteiger partial charge in [-0.1, -0.05) is 63.6 Å². The maximum Gasteiger partial charge on any atom is 0.303 e. The molecule has 164 valence electrons. The smallest absolute Gasteiger partial charge is 0.303 e. The second-order valence-corrected chi connectivity index (χ2v) is 8.13. The van der Waals surface area contributed by atoms with Crippen molar-refractivity contribution in [3.05, 3.63) is 34.9 Å². The van der Waals surface area contributed by atoms with Crippen molar-refractivity contribution in [1.29, 1.82) is 0 Å². The molecule has 4 heteroatoms. The number of carboxylic acid groups (broad SMARTS) is 2. The van der Waals surface area contributed by atoms with Crippen LogP contribution in [-0.4, -0.2) is 22.2 Å². The summed E-state index contributed by atoms with van der Waals surface area (Å²) in [5.41, 5.74) is 4.12. The third kappa shape index (κ3) is 12.4. The molecule has 0 aliphatic carbocycles. The van der Waals surface area contributed by atoms with Gasteiger partial charge in [0.1, 0.15) is 0 Å². The van der Waals surface area contributed by atoms with Gasteiger partial charge in [-0.2, -0.15) is 0 Å². The molecular formula is C25H40O4. The van der Waals surface area contributed by atoms with Crippen molar-refractivity contribution in [3.63, 3.8) is 0 Å². The highest BCUT2D eigenvalue weighted by molar-refractivity contribution is 5.66. The summed E-state index contributed by atoms with van der Waals surface area (Å²) >= 11 is 0. The van der Waals surface area contributed by atoms with Gasteiger partial charge >= 0.3 is 11.9 Å². The first-order chi connectivity index (χ1) is 14.0. The number of hydrogen-bond donors (Lipinski definition) is 2. The minimum atomic E-state index is -0.730. The Labute approximate surface area is 176 Å². The number of hydrogen-bond acceptors (Lipinski definition) is 2. The quantitative estimate of drug-likeness (QED) is 0.271. The van der Waals surface area contributed by atoms with E-state index in [4.69, 9.17) is 10.2 Å². The molecule has 0 saturated heterocycles. The fourth-order valence-electron chi connectivity index (χ4n) is 3.92. The van der Waals surface area contributed by atoms with Crippen LogP contribution >= 0.6 is 0 Å². The Balaban J connectivity index is 2.61. The molecule has 0 spiro atoms. The highest BCUT2D eigenvalue weighted by Crippen LogP contribution is 2.23. The van der Waals surface area contributed by atoms with Crippen LogP contribution in [0.2, 0.25) is 0 Å². The van der Waals surface area contributed by atoms with E-state index in [9.17, 15) is 9.59 Å². The molecule has 0 amide bonds. The molecule has 0 radical (unpaired) electrons. The van der Waals surface area contributed by atoms with E-state index in [0.29, 0.717) is 12.8 Å². The monoisotopic (exact) mass is 404 g/mol. The van der Waals surface area contributed by atoms with E-state index in [1.807, 2.05) is 0 Å². The van der Waals surface area contributed by atoms with Gasteiger partial charge in [0.05, 0.1) is 0 Å². The summed E-state index contributed by atoms with van der Waals surface area (Å²) in [5, 5.41) is 17.7. The maximum atomic E-state index is 10.8. The van der Waals surface area contributed by atoms with Crippen molar-refractivity contribution in [2.45, 2.75) is 110 Å².